The molecule has 0 atom stereocenters. The summed E-state index contributed by atoms with van der Waals surface area (Å²) in [5.74, 6) is 0.128. The highest BCUT2D eigenvalue weighted by molar-refractivity contribution is 7.80. The van der Waals surface area contributed by atoms with Crippen LogP contribution in [0.25, 0.3) is 10.9 Å². The van der Waals surface area contributed by atoms with Crippen LogP contribution in [0, 0.1) is 0 Å². The molecule has 1 heterocycles. The van der Waals surface area contributed by atoms with E-state index in [-0.39, 0.29) is 11.0 Å². The van der Waals surface area contributed by atoms with Crippen LogP contribution in [0.5, 0.6) is 5.88 Å². The molecule has 2 aromatic rings. The van der Waals surface area contributed by atoms with Crippen molar-refractivity contribution in [3.05, 3.63) is 24.3 Å². The number of fused-ring (bicyclic) bond motifs is 1. The lowest BCUT2D eigenvalue weighted by atomic mass is 10.2. The highest BCUT2D eigenvalue weighted by Crippen LogP contribution is 2.38. The number of rotatable bonds is 7. The molecule has 0 radical (unpaired) electrons. The van der Waals surface area contributed by atoms with E-state index in [1.165, 1.54) is 0 Å². The number of methoxy groups -OCH3 is 1. The van der Waals surface area contributed by atoms with E-state index in [1.807, 2.05) is 28.8 Å². The summed E-state index contributed by atoms with van der Waals surface area (Å²) in [5, 5.41) is 22.7. The van der Waals surface area contributed by atoms with Crippen molar-refractivity contribution < 1.29 is 9.84 Å². The van der Waals surface area contributed by atoms with Crippen molar-refractivity contribution in [1.82, 2.24) is 9.88 Å². The lowest BCUT2D eigenvalue weighted by Crippen LogP contribution is -2.23. The molecule has 0 aliphatic rings. The fourth-order valence-electron chi connectivity index (χ4n) is 2.30. The molecule has 0 spiro atoms. The highest BCUT2D eigenvalue weighted by Gasteiger charge is 2.15. The van der Waals surface area contributed by atoms with Crippen LogP contribution in [0.4, 0.5) is 5.69 Å². The third-order valence-electron chi connectivity index (χ3n) is 3.48. The minimum atomic E-state index is 0.128. The Morgan fingerprint density at radius 2 is 2.17 bits per heavy atom. The van der Waals surface area contributed by atoms with Crippen LogP contribution >= 0.6 is 12.2 Å². The summed E-state index contributed by atoms with van der Waals surface area (Å²) < 4.78 is 6.80. The molecule has 124 valence electrons. The van der Waals surface area contributed by atoms with Crippen LogP contribution in [-0.4, -0.2) is 35.0 Å². The lowest BCUT2D eigenvalue weighted by molar-refractivity contribution is 0.204. The minimum absolute atomic E-state index is 0.128. The molecule has 0 saturated heterocycles. The van der Waals surface area contributed by atoms with Gasteiger partial charge in [0.25, 0.3) is 0 Å². The Labute approximate surface area is 141 Å². The van der Waals surface area contributed by atoms with E-state index in [0.717, 1.165) is 30.3 Å². The number of benzene rings is 1. The molecule has 0 unspecified atom stereocenters. The summed E-state index contributed by atoms with van der Waals surface area (Å²) in [5.41, 5.74) is 1.40. The van der Waals surface area contributed by atoms with Gasteiger partial charge in [0, 0.05) is 25.6 Å². The first-order chi connectivity index (χ1) is 11.2. The molecular formula is C16H22N4O2S. The Bertz CT molecular complexity index is 697. The van der Waals surface area contributed by atoms with Gasteiger partial charge in [0.1, 0.15) is 0 Å². The van der Waals surface area contributed by atoms with Crippen molar-refractivity contribution in [2.24, 2.45) is 10.2 Å². The van der Waals surface area contributed by atoms with E-state index in [1.54, 1.807) is 7.11 Å². The minimum Gasteiger partial charge on any atom is -0.493 e. The number of aryl methyl sites for hydroxylation is 1. The zero-order valence-corrected chi connectivity index (χ0v) is 14.3. The first-order valence-electron chi connectivity index (χ1n) is 7.67. The molecule has 0 aliphatic heterocycles. The molecule has 0 bridgehead atoms. The topological polar surface area (TPSA) is 71.1 Å². The average molecular weight is 334 g/mol. The van der Waals surface area contributed by atoms with E-state index in [9.17, 15) is 5.11 Å². The number of ether oxygens (including phenoxy) is 1. The first-order valence-corrected chi connectivity index (χ1v) is 8.08. The van der Waals surface area contributed by atoms with Crippen molar-refractivity contribution in [3.8, 4) is 5.88 Å². The summed E-state index contributed by atoms with van der Waals surface area (Å²) in [4.78, 5) is 0. The standard InChI is InChI=1S/C16H22N4O2S/c1-3-4-10-20-13-8-6-5-7-12(13)14(15(20)21)18-19-16(23)17-9-11-22-2/h5-8,21H,3-4,9-11H2,1-2H3,(H,17,23). The number of aromatic hydroxyl groups is 1. The normalized spacial score (nSPS) is 11.4. The molecule has 1 aromatic heterocycles. The molecule has 1 aromatic carbocycles. The third-order valence-corrected chi connectivity index (χ3v) is 3.70. The molecule has 7 heteroatoms. The van der Waals surface area contributed by atoms with Crippen molar-refractivity contribution in [2.45, 2.75) is 26.3 Å². The Hall–Kier alpha value is -1.99. The number of hydrogen-bond acceptors (Lipinski definition) is 4. The fraction of sp³-hybridized carbons (Fsp3) is 0.438. The van der Waals surface area contributed by atoms with Gasteiger partial charge < -0.3 is 19.7 Å². The average Bonchev–Trinajstić information content (AvgIpc) is 2.83. The maximum Gasteiger partial charge on any atom is 0.220 e. The van der Waals surface area contributed by atoms with Gasteiger partial charge in [-0.15, -0.1) is 10.2 Å². The van der Waals surface area contributed by atoms with Crippen LogP contribution in [0.2, 0.25) is 0 Å². The Morgan fingerprint density at radius 3 is 2.91 bits per heavy atom. The number of unbranched alkanes of at least 4 members (excludes halogenated alkanes) is 1. The number of para-hydroxylation sites is 1. The Morgan fingerprint density at radius 1 is 1.39 bits per heavy atom. The van der Waals surface area contributed by atoms with Crippen molar-refractivity contribution >= 4 is 33.9 Å². The Balaban J connectivity index is 2.26. The second kappa shape index (κ2) is 8.59. The predicted molar refractivity (Wildman–Crippen MR) is 95.5 cm³/mol. The zero-order chi connectivity index (χ0) is 16.7. The quantitative estimate of drug-likeness (QED) is 0.459. The van der Waals surface area contributed by atoms with Gasteiger partial charge in [-0.1, -0.05) is 31.5 Å². The van der Waals surface area contributed by atoms with Gasteiger partial charge in [-0.05, 0) is 24.7 Å². The summed E-state index contributed by atoms with van der Waals surface area (Å²) in [6, 6.07) is 7.76. The molecule has 0 saturated carbocycles. The lowest BCUT2D eigenvalue weighted by Gasteiger charge is -2.05. The van der Waals surface area contributed by atoms with E-state index >= 15 is 0 Å². The van der Waals surface area contributed by atoms with Crippen LogP contribution < -0.4 is 5.32 Å². The largest absolute Gasteiger partial charge is 0.493 e. The van der Waals surface area contributed by atoms with Crippen molar-refractivity contribution in [1.29, 1.82) is 0 Å². The number of hydrogen-bond donors (Lipinski definition) is 2. The molecule has 0 aliphatic carbocycles. The fourth-order valence-corrected chi connectivity index (χ4v) is 2.45. The van der Waals surface area contributed by atoms with Gasteiger partial charge in [0.05, 0.1) is 12.1 Å². The number of azo groups is 1. The smallest absolute Gasteiger partial charge is 0.220 e. The predicted octanol–water partition coefficient (Wildman–Crippen LogP) is 3.75. The molecule has 0 amide bonds. The van der Waals surface area contributed by atoms with Crippen molar-refractivity contribution in [2.75, 3.05) is 20.3 Å². The SMILES string of the molecule is CCCCn1c(O)c(N=NC(=S)NCCOC)c2ccccc21. The Kier molecular flexibility index (Phi) is 6.49. The summed E-state index contributed by atoms with van der Waals surface area (Å²) in [6.45, 7) is 3.97. The number of aromatic nitrogens is 1. The second-order valence-electron chi connectivity index (χ2n) is 5.12. The number of nitrogens with one attached hydrogen (secondary N) is 1. The number of nitrogens with zero attached hydrogens (tertiary/aromatic N) is 3. The summed E-state index contributed by atoms with van der Waals surface area (Å²) in [6.07, 6.45) is 2.04. The number of thiocarbonyl (C=S) groups is 1. The van der Waals surface area contributed by atoms with Crippen LogP contribution in [0.3, 0.4) is 0 Å². The monoisotopic (exact) mass is 334 g/mol. The third kappa shape index (κ3) is 4.27. The van der Waals surface area contributed by atoms with Crippen LogP contribution in [0.15, 0.2) is 34.5 Å². The van der Waals surface area contributed by atoms with E-state index in [2.05, 4.69) is 22.5 Å². The van der Waals surface area contributed by atoms with E-state index in [4.69, 9.17) is 17.0 Å². The van der Waals surface area contributed by atoms with Gasteiger partial charge in [-0.25, -0.2) is 0 Å². The van der Waals surface area contributed by atoms with E-state index < -0.39 is 0 Å². The summed E-state index contributed by atoms with van der Waals surface area (Å²) >= 11 is 5.09. The first kappa shape index (κ1) is 17.4. The summed E-state index contributed by atoms with van der Waals surface area (Å²) in [7, 11) is 1.62. The van der Waals surface area contributed by atoms with Crippen LogP contribution in [-0.2, 0) is 11.3 Å². The molecule has 2 rings (SSSR count). The van der Waals surface area contributed by atoms with Gasteiger partial charge in [-0.2, -0.15) is 0 Å². The van der Waals surface area contributed by atoms with E-state index in [0.29, 0.717) is 18.8 Å². The second-order valence-corrected chi connectivity index (χ2v) is 5.51. The van der Waals surface area contributed by atoms with Gasteiger partial charge in [-0.3, -0.25) is 0 Å². The van der Waals surface area contributed by atoms with Gasteiger partial charge >= 0.3 is 0 Å². The van der Waals surface area contributed by atoms with Crippen molar-refractivity contribution in [3.63, 3.8) is 0 Å². The molecular weight excluding hydrogens is 312 g/mol. The maximum absolute atomic E-state index is 10.5. The van der Waals surface area contributed by atoms with Gasteiger partial charge in [0.2, 0.25) is 11.0 Å². The maximum atomic E-state index is 10.5. The highest BCUT2D eigenvalue weighted by atomic mass is 32.1. The molecule has 2 N–H and O–H groups in total. The van der Waals surface area contributed by atoms with Gasteiger partial charge in [0.15, 0.2) is 5.69 Å². The van der Waals surface area contributed by atoms with Crippen LogP contribution in [0.1, 0.15) is 19.8 Å². The molecule has 0 fully saturated rings. The zero-order valence-electron chi connectivity index (χ0n) is 13.5. The molecule has 23 heavy (non-hydrogen) atoms. The molecule has 6 nitrogen and oxygen atoms in total.